The molecular formula is C53H35N3. The van der Waals surface area contributed by atoms with Gasteiger partial charge in [-0.15, -0.1) is 0 Å². The maximum absolute atomic E-state index is 5.51. The van der Waals surface area contributed by atoms with Crippen LogP contribution in [0.2, 0.25) is 0 Å². The molecule has 0 bridgehead atoms. The molecule has 2 heterocycles. The van der Waals surface area contributed by atoms with Gasteiger partial charge in [-0.1, -0.05) is 166 Å². The summed E-state index contributed by atoms with van der Waals surface area (Å²) in [5.41, 5.74) is 12.9. The molecule has 11 aromatic rings. The number of hydrogen-bond acceptors (Lipinski definition) is 2. The van der Waals surface area contributed by atoms with E-state index in [-0.39, 0.29) is 5.41 Å². The minimum atomic E-state index is -0.0612. The van der Waals surface area contributed by atoms with Crippen molar-refractivity contribution in [1.82, 2.24) is 14.5 Å². The van der Waals surface area contributed by atoms with Crippen molar-refractivity contribution < 1.29 is 0 Å². The second kappa shape index (κ2) is 11.5. The van der Waals surface area contributed by atoms with Gasteiger partial charge in [-0.25, -0.2) is 9.97 Å². The zero-order chi connectivity index (χ0) is 37.1. The largest absolute Gasteiger partial charge is 0.278 e. The molecule has 0 saturated carbocycles. The number of hydrogen-bond donors (Lipinski definition) is 0. The molecule has 0 radical (unpaired) electrons. The summed E-state index contributed by atoms with van der Waals surface area (Å²) in [7, 11) is 0. The standard InChI is InChI=1S/C53H35N3/c1-53(2)45-20-9-7-18-41(45)49-43-31-44-40-17-8-10-21-47(40)56(48(44)30-36(43)27-29-46(49)53)52-54-50(42-28-26-33-13-4-6-16-39(33)51(42)55-52)35-24-22-34(23-25-35)38-19-11-14-32-12-3-5-15-37(32)38/h3-31H,1-2H3. The normalized spacial score (nSPS) is 13.3. The molecule has 262 valence electrons. The molecule has 2 aromatic heterocycles. The third-order valence-corrected chi connectivity index (χ3v) is 12.4. The van der Waals surface area contributed by atoms with Gasteiger partial charge < -0.3 is 0 Å². The predicted octanol–water partition coefficient (Wildman–Crippen LogP) is 13.8. The highest BCUT2D eigenvalue weighted by atomic mass is 15.2. The fourth-order valence-corrected chi connectivity index (χ4v) is 9.66. The molecule has 0 atom stereocenters. The predicted molar refractivity (Wildman–Crippen MR) is 235 cm³/mol. The maximum atomic E-state index is 5.51. The highest BCUT2D eigenvalue weighted by Gasteiger charge is 2.36. The van der Waals surface area contributed by atoms with Crippen molar-refractivity contribution in [1.29, 1.82) is 0 Å². The first kappa shape index (κ1) is 31.3. The van der Waals surface area contributed by atoms with E-state index in [9.17, 15) is 0 Å². The lowest BCUT2D eigenvalue weighted by molar-refractivity contribution is 0.661. The van der Waals surface area contributed by atoms with E-state index in [1.807, 2.05) is 0 Å². The van der Waals surface area contributed by atoms with Crippen molar-refractivity contribution in [3.05, 3.63) is 187 Å². The summed E-state index contributed by atoms with van der Waals surface area (Å²) in [4.78, 5) is 11.0. The van der Waals surface area contributed by atoms with Crippen molar-refractivity contribution >= 4 is 65.0 Å². The lowest BCUT2D eigenvalue weighted by Crippen LogP contribution is -2.14. The van der Waals surface area contributed by atoms with Crippen LogP contribution in [-0.4, -0.2) is 14.5 Å². The fourth-order valence-electron chi connectivity index (χ4n) is 9.66. The number of para-hydroxylation sites is 1. The van der Waals surface area contributed by atoms with Crippen molar-refractivity contribution in [2.45, 2.75) is 19.3 Å². The molecular weight excluding hydrogens is 679 g/mol. The van der Waals surface area contributed by atoms with Gasteiger partial charge in [0.2, 0.25) is 5.95 Å². The number of aromatic nitrogens is 3. The van der Waals surface area contributed by atoms with Crippen LogP contribution < -0.4 is 0 Å². The van der Waals surface area contributed by atoms with E-state index in [2.05, 4.69) is 194 Å². The molecule has 3 heteroatoms. The highest BCUT2D eigenvalue weighted by Crippen LogP contribution is 2.52. The Labute approximate surface area is 324 Å². The summed E-state index contributed by atoms with van der Waals surface area (Å²) in [6, 6.07) is 64.0. The molecule has 9 aromatic carbocycles. The molecule has 0 N–H and O–H groups in total. The van der Waals surface area contributed by atoms with Gasteiger partial charge in [-0.2, -0.15) is 0 Å². The first-order valence-electron chi connectivity index (χ1n) is 19.4. The minimum Gasteiger partial charge on any atom is -0.278 e. The zero-order valence-electron chi connectivity index (χ0n) is 31.1. The lowest BCUT2D eigenvalue weighted by atomic mass is 9.82. The minimum absolute atomic E-state index is 0.0612. The van der Waals surface area contributed by atoms with E-state index in [1.165, 1.54) is 65.7 Å². The summed E-state index contributed by atoms with van der Waals surface area (Å²) in [6.07, 6.45) is 0. The van der Waals surface area contributed by atoms with E-state index in [0.29, 0.717) is 5.95 Å². The molecule has 0 aliphatic heterocycles. The molecule has 12 rings (SSSR count). The van der Waals surface area contributed by atoms with Crippen LogP contribution >= 0.6 is 0 Å². The van der Waals surface area contributed by atoms with Crippen LogP contribution in [0.3, 0.4) is 0 Å². The van der Waals surface area contributed by atoms with Gasteiger partial charge in [0.05, 0.1) is 22.2 Å². The number of fused-ring (bicyclic) bond motifs is 12. The summed E-state index contributed by atoms with van der Waals surface area (Å²) >= 11 is 0. The average Bonchev–Trinajstić information content (AvgIpc) is 3.70. The zero-order valence-corrected chi connectivity index (χ0v) is 31.1. The van der Waals surface area contributed by atoms with Crippen molar-refractivity contribution in [2.75, 3.05) is 0 Å². The Hall–Kier alpha value is -7.10. The number of benzene rings is 9. The van der Waals surface area contributed by atoms with Gasteiger partial charge in [0, 0.05) is 32.5 Å². The van der Waals surface area contributed by atoms with Gasteiger partial charge in [0.15, 0.2) is 0 Å². The van der Waals surface area contributed by atoms with Gasteiger partial charge in [-0.3, -0.25) is 4.57 Å². The van der Waals surface area contributed by atoms with Crippen molar-refractivity contribution in [2.24, 2.45) is 0 Å². The smallest absolute Gasteiger partial charge is 0.235 e. The fraction of sp³-hybridized carbons (Fsp3) is 0.0566. The van der Waals surface area contributed by atoms with Crippen molar-refractivity contribution in [3.63, 3.8) is 0 Å². The van der Waals surface area contributed by atoms with Crippen LogP contribution in [0.25, 0.3) is 104 Å². The van der Waals surface area contributed by atoms with Crippen LogP contribution in [0, 0.1) is 0 Å². The third kappa shape index (κ3) is 4.34. The van der Waals surface area contributed by atoms with Crippen LogP contribution in [0.5, 0.6) is 0 Å². The summed E-state index contributed by atoms with van der Waals surface area (Å²) in [6.45, 7) is 4.70. The Morgan fingerprint density at radius 1 is 0.411 bits per heavy atom. The van der Waals surface area contributed by atoms with Gasteiger partial charge in [0.25, 0.3) is 0 Å². The Morgan fingerprint density at radius 3 is 1.93 bits per heavy atom. The SMILES string of the molecule is CC1(C)c2ccccc2-c2c1ccc1cc3c(cc21)c1ccccc1n3-c1nc(-c2ccc(-c3cccc4ccccc34)cc2)c2ccc3ccccc3c2n1. The molecule has 0 fully saturated rings. The Kier molecular flexibility index (Phi) is 6.40. The first-order valence-corrected chi connectivity index (χ1v) is 19.4. The topological polar surface area (TPSA) is 30.7 Å². The van der Waals surface area contributed by atoms with Crippen LogP contribution in [0.1, 0.15) is 25.0 Å². The Bertz CT molecular complexity index is 3440. The molecule has 3 nitrogen and oxygen atoms in total. The summed E-state index contributed by atoms with van der Waals surface area (Å²) < 4.78 is 2.28. The molecule has 0 unspecified atom stereocenters. The van der Waals surface area contributed by atoms with Gasteiger partial charge in [0.1, 0.15) is 0 Å². The molecule has 56 heavy (non-hydrogen) atoms. The van der Waals surface area contributed by atoms with E-state index in [4.69, 9.17) is 9.97 Å². The molecule has 1 aliphatic rings. The molecule has 0 saturated heterocycles. The Morgan fingerprint density at radius 2 is 1.07 bits per heavy atom. The average molecular weight is 714 g/mol. The summed E-state index contributed by atoms with van der Waals surface area (Å²) in [5.74, 6) is 0.667. The quantitative estimate of drug-likeness (QED) is 0.171. The Balaban J connectivity index is 1.12. The van der Waals surface area contributed by atoms with Crippen LogP contribution in [0.4, 0.5) is 0 Å². The van der Waals surface area contributed by atoms with Crippen molar-refractivity contribution in [3.8, 4) is 39.5 Å². The van der Waals surface area contributed by atoms with E-state index in [0.717, 1.165) is 44.0 Å². The van der Waals surface area contributed by atoms with E-state index in [1.54, 1.807) is 0 Å². The third-order valence-electron chi connectivity index (χ3n) is 12.4. The lowest BCUT2D eigenvalue weighted by Gasteiger charge is -2.21. The van der Waals surface area contributed by atoms with Crippen LogP contribution in [0.15, 0.2) is 176 Å². The monoisotopic (exact) mass is 713 g/mol. The summed E-state index contributed by atoms with van der Waals surface area (Å²) in [5, 5.41) is 10.7. The highest BCUT2D eigenvalue weighted by molar-refractivity contribution is 6.17. The number of nitrogens with zero attached hydrogens (tertiary/aromatic N) is 3. The van der Waals surface area contributed by atoms with Crippen LogP contribution in [-0.2, 0) is 5.41 Å². The molecule has 1 aliphatic carbocycles. The second-order valence-corrected chi connectivity index (χ2v) is 15.8. The second-order valence-electron chi connectivity index (χ2n) is 15.8. The molecule has 0 amide bonds. The van der Waals surface area contributed by atoms with E-state index >= 15 is 0 Å². The molecule has 0 spiro atoms. The van der Waals surface area contributed by atoms with E-state index < -0.39 is 0 Å². The number of rotatable bonds is 3. The van der Waals surface area contributed by atoms with Gasteiger partial charge in [-0.05, 0) is 84.6 Å². The maximum Gasteiger partial charge on any atom is 0.235 e. The first-order chi connectivity index (χ1) is 27.5. The van der Waals surface area contributed by atoms with Gasteiger partial charge >= 0.3 is 0 Å².